The van der Waals surface area contributed by atoms with Crippen LogP contribution in [0, 0.1) is 5.92 Å². The molecule has 1 unspecified atom stereocenters. The van der Waals surface area contributed by atoms with Crippen LogP contribution in [-0.2, 0) is 0 Å². The summed E-state index contributed by atoms with van der Waals surface area (Å²) in [6, 6.07) is 8.97. The summed E-state index contributed by atoms with van der Waals surface area (Å²) < 4.78 is 0. The third-order valence-corrected chi connectivity index (χ3v) is 5.01. The van der Waals surface area contributed by atoms with Gasteiger partial charge >= 0.3 is 6.03 Å². The molecule has 1 aromatic carbocycles. The van der Waals surface area contributed by atoms with Gasteiger partial charge in [-0.2, -0.15) is 0 Å². The number of carbonyl (C=O) groups excluding carboxylic acids is 1. The quantitative estimate of drug-likeness (QED) is 0.795. The Labute approximate surface area is 163 Å². The van der Waals surface area contributed by atoms with Gasteiger partial charge in [-0.25, -0.2) is 14.8 Å². The summed E-state index contributed by atoms with van der Waals surface area (Å²) in [6.07, 6.45) is 1.64. The van der Waals surface area contributed by atoms with Gasteiger partial charge in [0.2, 0.25) is 5.28 Å². The van der Waals surface area contributed by atoms with Crippen molar-refractivity contribution >= 4 is 40.7 Å². The van der Waals surface area contributed by atoms with E-state index in [4.69, 9.17) is 23.2 Å². The number of anilines is 2. The number of hydrogen-bond acceptors (Lipinski definition) is 4. The normalized spacial score (nSPS) is 17.5. The molecule has 1 aliphatic rings. The minimum absolute atomic E-state index is 0.0416. The van der Waals surface area contributed by atoms with Crippen LogP contribution in [0.3, 0.4) is 0 Å². The molecular weight excluding hydrogens is 373 g/mol. The number of para-hydroxylation sites is 1. The zero-order chi connectivity index (χ0) is 18.7. The van der Waals surface area contributed by atoms with Crippen molar-refractivity contribution in [3.63, 3.8) is 0 Å². The predicted molar refractivity (Wildman–Crippen MR) is 105 cm³/mol. The first kappa shape index (κ1) is 18.7. The smallest absolute Gasteiger partial charge is 0.322 e. The number of rotatable bonds is 3. The zero-order valence-corrected chi connectivity index (χ0v) is 16.2. The molecule has 1 saturated heterocycles. The molecule has 0 spiro atoms. The number of hydrogen-bond donors (Lipinski definition) is 1. The average Bonchev–Trinajstić information content (AvgIpc) is 2.63. The van der Waals surface area contributed by atoms with Crippen LogP contribution in [0.1, 0.15) is 13.8 Å². The van der Waals surface area contributed by atoms with Gasteiger partial charge < -0.3 is 15.1 Å². The molecule has 2 heterocycles. The number of benzene rings is 1. The van der Waals surface area contributed by atoms with Crippen molar-refractivity contribution in [3.05, 3.63) is 46.8 Å². The van der Waals surface area contributed by atoms with Crippen molar-refractivity contribution in [3.8, 4) is 0 Å². The number of nitrogens with zero attached hydrogens (tertiary/aromatic N) is 4. The highest BCUT2D eigenvalue weighted by atomic mass is 35.5. The molecule has 1 fully saturated rings. The number of nitrogens with one attached hydrogen (secondary N) is 1. The summed E-state index contributed by atoms with van der Waals surface area (Å²) in [7, 11) is 0. The molecule has 0 radical (unpaired) electrons. The highest BCUT2D eigenvalue weighted by Crippen LogP contribution is 2.25. The second kappa shape index (κ2) is 8.10. The van der Waals surface area contributed by atoms with E-state index in [0.29, 0.717) is 30.3 Å². The van der Waals surface area contributed by atoms with Crippen LogP contribution in [0.15, 0.2) is 36.5 Å². The Morgan fingerprint density at radius 3 is 2.69 bits per heavy atom. The summed E-state index contributed by atoms with van der Waals surface area (Å²) in [5.74, 6) is 1.06. The van der Waals surface area contributed by atoms with Gasteiger partial charge in [-0.1, -0.05) is 37.6 Å². The standard InChI is InChI=1S/C18H21Cl2N5O/c1-12(2)15-11-24(16-7-8-21-17(20)23-16)9-10-25(15)18(26)22-14-6-4-3-5-13(14)19/h3-8,12,15H,9-11H2,1-2H3,(H,22,26). The lowest BCUT2D eigenvalue weighted by molar-refractivity contribution is 0.156. The Hall–Kier alpha value is -2.05. The molecule has 138 valence electrons. The average molecular weight is 394 g/mol. The van der Waals surface area contributed by atoms with E-state index in [1.807, 2.05) is 23.1 Å². The lowest BCUT2D eigenvalue weighted by Gasteiger charge is -2.43. The van der Waals surface area contributed by atoms with Crippen LogP contribution in [0.5, 0.6) is 0 Å². The zero-order valence-electron chi connectivity index (χ0n) is 14.7. The number of carbonyl (C=O) groups is 1. The van der Waals surface area contributed by atoms with E-state index in [-0.39, 0.29) is 23.3 Å². The summed E-state index contributed by atoms with van der Waals surface area (Å²) in [4.78, 5) is 25.0. The Kier molecular flexibility index (Phi) is 5.84. The summed E-state index contributed by atoms with van der Waals surface area (Å²) in [6.45, 7) is 6.15. The van der Waals surface area contributed by atoms with Crippen molar-refractivity contribution < 1.29 is 4.79 Å². The molecular formula is C18H21Cl2N5O. The maximum atomic E-state index is 12.8. The summed E-state index contributed by atoms with van der Waals surface area (Å²) >= 11 is 12.1. The van der Waals surface area contributed by atoms with E-state index < -0.39 is 0 Å². The van der Waals surface area contributed by atoms with Crippen molar-refractivity contribution in [2.75, 3.05) is 29.9 Å². The van der Waals surface area contributed by atoms with E-state index in [2.05, 4.69) is 34.0 Å². The fraction of sp³-hybridized carbons (Fsp3) is 0.389. The lowest BCUT2D eigenvalue weighted by atomic mass is 10.00. The largest absolute Gasteiger partial charge is 0.353 e. The molecule has 6 nitrogen and oxygen atoms in total. The van der Waals surface area contributed by atoms with Gasteiger partial charge in [0.25, 0.3) is 0 Å². The monoisotopic (exact) mass is 393 g/mol. The van der Waals surface area contributed by atoms with Gasteiger partial charge in [-0.05, 0) is 35.7 Å². The minimum atomic E-state index is -0.142. The Bertz CT molecular complexity index is 786. The van der Waals surface area contributed by atoms with Gasteiger partial charge in [0, 0.05) is 25.8 Å². The van der Waals surface area contributed by atoms with E-state index in [1.165, 1.54) is 0 Å². The van der Waals surface area contributed by atoms with Crippen LogP contribution in [0.4, 0.5) is 16.3 Å². The molecule has 0 saturated carbocycles. The predicted octanol–water partition coefficient (Wildman–Crippen LogP) is 4.16. The Morgan fingerprint density at radius 1 is 1.23 bits per heavy atom. The lowest BCUT2D eigenvalue weighted by Crippen LogP contribution is -2.58. The van der Waals surface area contributed by atoms with Crippen LogP contribution >= 0.6 is 23.2 Å². The van der Waals surface area contributed by atoms with E-state index in [9.17, 15) is 4.79 Å². The second-order valence-corrected chi connectivity index (χ2v) is 7.29. The maximum absolute atomic E-state index is 12.8. The third-order valence-electron chi connectivity index (χ3n) is 4.50. The fourth-order valence-electron chi connectivity index (χ4n) is 3.09. The summed E-state index contributed by atoms with van der Waals surface area (Å²) in [5.41, 5.74) is 0.617. The molecule has 0 aliphatic carbocycles. The number of aromatic nitrogens is 2. The van der Waals surface area contributed by atoms with Crippen molar-refractivity contribution in [1.29, 1.82) is 0 Å². The maximum Gasteiger partial charge on any atom is 0.322 e. The van der Waals surface area contributed by atoms with Gasteiger partial charge in [0.1, 0.15) is 5.82 Å². The van der Waals surface area contributed by atoms with Crippen LogP contribution in [0.2, 0.25) is 10.3 Å². The van der Waals surface area contributed by atoms with Gasteiger partial charge in [0.15, 0.2) is 0 Å². The molecule has 1 aliphatic heterocycles. The fourth-order valence-corrected chi connectivity index (χ4v) is 3.42. The Balaban J connectivity index is 1.74. The topological polar surface area (TPSA) is 61.4 Å². The molecule has 2 amide bonds. The summed E-state index contributed by atoms with van der Waals surface area (Å²) in [5, 5.41) is 3.67. The Morgan fingerprint density at radius 2 is 2.00 bits per heavy atom. The molecule has 8 heteroatoms. The highest BCUT2D eigenvalue weighted by Gasteiger charge is 2.33. The first-order valence-electron chi connectivity index (χ1n) is 8.51. The number of amides is 2. The van der Waals surface area contributed by atoms with Crippen molar-refractivity contribution in [1.82, 2.24) is 14.9 Å². The van der Waals surface area contributed by atoms with E-state index in [0.717, 1.165) is 5.82 Å². The molecule has 1 aromatic heterocycles. The first-order chi connectivity index (χ1) is 12.5. The second-order valence-electron chi connectivity index (χ2n) is 6.54. The van der Waals surface area contributed by atoms with Gasteiger partial charge in [-0.3, -0.25) is 0 Å². The van der Waals surface area contributed by atoms with Gasteiger partial charge in [-0.15, -0.1) is 0 Å². The SMILES string of the molecule is CC(C)C1CN(c2ccnc(Cl)n2)CCN1C(=O)Nc1ccccc1Cl. The molecule has 2 aromatic rings. The molecule has 26 heavy (non-hydrogen) atoms. The van der Waals surface area contributed by atoms with E-state index in [1.54, 1.807) is 18.3 Å². The molecule has 3 rings (SSSR count). The van der Waals surface area contributed by atoms with Crippen molar-refractivity contribution in [2.45, 2.75) is 19.9 Å². The minimum Gasteiger partial charge on any atom is -0.353 e. The first-order valence-corrected chi connectivity index (χ1v) is 9.27. The number of piperazine rings is 1. The number of urea groups is 1. The molecule has 0 bridgehead atoms. The van der Waals surface area contributed by atoms with Gasteiger partial charge in [0.05, 0.1) is 16.8 Å². The van der Waals surface area contributed by atoms with Crippen LogP contribution < -0.4 is 10.2 Å². The van der Waals surface area contributed by atoms with Crippen LogP contribution in [-0.4, -0.2) is 46.6 Å². The van der Waals surface area contributed by atoms with Crippen LogP contribution in [0.25, 0.3) is 0 Å². The van der Waals surface area contributed by atoms with E-state index >= 15 is 0 Å². The molecule has 1 atom stereocenters. The third kappa shape index (κ3) is 4.19. The highest BCUT2D eigenvalue weighted by molar-refractivity contribution is 6.33. The van der Waals surface area contributed by atoms with Crippen molar-refractivity contribution in [2.24, 2.45) is 5.92 Å². The number of halogens is 2. The molecule has 1 N–H and O–H groups in total.